The van der Waals surface area contributed by atoms with Crippen molar-refractivity contribution in [1.29, 1.82) is 0 Å². The van der Waals surface area contributed by atoms with E-state index in [1.165, 1.54) is 25.3 Å². The van der Waals surface area contributed by atoms with Crippen LogP contribution in [-0.4, -0.2) is 29.1 Å². The lowest BCUT2D eigenvalue weighted by Crippen LogP contribution is -2.17. The molecule has 0 aliphatic carbocycles. The monoisotopic (exact) mass is 424 g/mol. The first-order valence-corrected chi connectivity index (χ1v) is 11.1. The normalized spacial score (nSPS) is 15.8. The molecule has 0 N–H and O–H groups in total. The first-order chi connectivity index (χ1) is 14.8. The summed E-state index contributed by atoms with van der Waals surface area (Å²) in [5.74, 6) is 1.15. The molecule has 0 amide bonds. The van der Waals surface area contributed by atoms with E-state index in [-0.39, 0.29) is 22.3 Å². The van der Waals surface area contributed by atoms with E-state index >= 15 is 0 Å². The van der Waals surface area contributed by atoms with Crippen LogP contribution in [0.1, 0.15) is 65.4 Å². The molecule has 0 radical (unpaired) electrons. The van der Waals surface area contributed by atoms with Gasteiger partial charge in [0, 0.05) is 5.56 Å². The Kier molecular flexibility index (Phi) is 7.31. The zero-order valence-corrected chi connectivity index (χ0v) is 18.9. The maximum atomic E-state index is 11.7. The van der Waals surface area contributed by atoms with Crippen molar-refractivity contribution in [3.05, 3.63) is 58.1 Å². The van der Waals surface area contributed by atoms with Crippen LogP contribution in [0.15, 0.2) is 47.5 Å². The SMILES string of the molecule is CCCCCC[C@@H](C)Oc1ccc(-c2ccc(C3=NC(C)(C)CO3)cc2)c([N+](=O)[O-])c1. The molecule has 1 aliphatic rings. The largest absolute Gasteiger partial charge is 0.490 e. The Labute approximate surface area is 184 Å². The van der Waals surface area contributed by atoms with E-state index in [0.717, 1.165) is 24.0 Å². The van der Waals surface area contributed by atoms with Crippen LogP contribution >= 0.6 is 0 Å². The fourth-order valence-electron chi connectivity index (χ4n) is 3.65. The van der Waals surface area contributed by atoms with Crippen molar-refractivity contribution in [1.82, 2.24) is 0 Å². The summed E-state index contributed by atoms with van der Waals surface area (Å²) in [6.07, 6.45) is 5.69. The number of ether oxygens (including phenoxy) is 2. The summed E-state index contributed by atoms with van der Waals surface area (Å²) in [4.78, 5) is 16.0. The molecule has 0 unspecified atom stereocenters. The predicted molar refractivity (Wildman–Crippen MR) is 124 cm³/mol. The van der Waals surface area contributed by atoms with Crippen LogP contribution in [0.3, 0.4) is 0 Å². The van der Waals surface area contributed by atoms with Crippen molar-refractivity contribution in [2.24, 2.45) is 4.99 Å². The summed E-state index contributed by atoms with van der Waals surface area (Å²) in [6.45, 7) is 8.79. The van der Waals surface area contributed by atoms with Gasteiger partial charge in [0.05, 0.1) is 28.2 Å². The molecule has 0 saturated heterocycles. The van der Waals surface area contributed by atoms with Gasteiger partial charge in [0.15, 0.2) is 0 Å². The summed E-state index contributed by atoms with van der Waals surface area (Å²) in [5.41, 5.74) is 2.02. The highest BCUT2D eigenvalue weighted by Crippen LogP contribution is 2.34. The molecule has 1 atom stereocenters. The third-order valence-electron chi connectivity index (χ3n) is 5.38. The fraction of sp³-hybridized carbons (Fsp3) is 0.480. The number of nitrogens with zero attached hydrogens (tertiary/aromatic N) is 2. The van der Waals surface area contributed by atoms with Crippen LogP contribution in [0.4, 0.5) is 5.69 Å². The zero-order valence-electron chi connectivity index (χ0n) is 18.9. The molecule has 6 heteroatoms. The Bertz CT molecular complexity index is 935. The second-order valence-electron chi connectivity index (χ2n) is 8.81. The van der Waals surface area contributed by atoms with E-state index in [1.54, 1.807) is 6.07 Å². The molecule has 0 aromatic heterocycles. The van der Waals surface area contributed by atoms with Gasteiger partial charge in [-0.2, -0.15) is 0 Å². The van der Waals surface area contributed by atoms with Crippen molar-refractivity contribution >= 4 is 11.6 Å². The van der Waals surface area contributed by atoms with Crippen LogP contribution in [-0.2, 0) is 4.74 Å². The van der Waals surface area contributed by atoms with Crippen LogP contribution in [0.25, 0.3) is 11.1 Å². The first-order valence-electron chi connectivity index (χ1n) is 11.1. The lowest BCUT2D eigenvalue weighted by Gasteiger charge is -2.15. The van der Waals surface area contributed by atoms with Crippen molar-refractivity contribution in [2.75, 3.05) is 6.61 Å². The van der Waals surface area contributed by atoms with Crippen LogP contribution < -0.4 is 4.74 Å². The third kappa shape index (κ3) is 6.06. The number of benzene rings is 2. The lowest BCUT2D eigenvalue weighted by molar-refractivity contribution is -0.384. The minimum absolute atomic E-state index is 0.0260. The molecule has 3 rings (SSSR count). The standard InChI is InChI=1S/C25H32N2O4/c1-5-6-7-8-9-18(2)31-21-14-15-22(23(16-21)27(28)29)19-10-12-20(13-11-19)24-26-25(3,4)17-30-24/h10-16,18H,5-9,17H2,1-4H3/t18-/m1/s1. The Balaban J connectivity index is 1.75. The number of rotatable bonds is 10. The van der Waals surface area contributed by atoms with Gasteiger partial charge in [0.1, 0.15) is 12.4 Å². The van der Waals surface area contributed by atoms with E-state index < -0.39 is 0 Å². The van der Waals surface area contributed by atoms with Crippen LogP contribution in [0.5, 0.6) is 5.75 Å². The average molecular weight is 425 g/mol. The number of aliphatic imine (C=N–C) groups is 1. The van der Waals surface area contributed by atoms with Gasteiger partial charge in [-0.3, -0.25) is 10.1 Å². The van der Waals surface area contributed by atoms with Crippen molar-refractivity contribution in [3.63, 3.8) is 0 Å². The molecule has 166 valence electrons. The average Bonchev–Trinajstić information content (AvgIpc) is 3.11. The van der Waals surface area contributed by atoms with E-state index in [2.05, 4.69) is 11.9 Å². The lowest BCUT2D eigenvalue weighted by atomic mass is 10.0. The van der Waals surface area contributed by atoms with Gasteiger partial charge in [-0.1, -0.05) is 38.3 Å². The Morgan fingerprint density at radius 2 is 1.84 bits per heavy atom. The summed E-state index contributed by atoms with van der Waals surface area (Å²) >= 11 is 0. The fourth-order valence-corrected chi connectivity index (χ4v) is 3.65. The van der Waals surface area contributed by atoms with Gasteiger partial charge in [-0.25, -0.2) is 4.99 Å². The van der Waals surface area contributed by atoms with Crippen LogP contribution in [0, 0.1) is 10.1 Å². The van der Waals surface area contributed by atoms with Crippen molar-refractivity contribution < 1.29 is 14.4 Å². The molecule has 1 aliphatic heterocycles. The number of hydrogen-bond acceptors (Lipinski definition) is 5. The smallest absolute Gasteiger partial charge is 0.280 e. The molecule has 0 bridgehead atoms. The van der Waals surface area contributed by atoms with Gasteiger partial charge in [-0.05, 0) is 63.4 Å². The van der Waals surface area contributed by atoms with E-state index in [4.69, 9.17) is 9.47 Å². The maximum absolute atomic E-state index is 11.7. The van der Waals surface area contributed by atoms with E-state index in [9.17, 15) is 10.1 Å². The summed E-state index contributed by atoms with van der Waals surface area (Å²) in [7, 11) is 0. The summed E-state index contributed by atoms with van der Waals surface area (Å²) in [6, 6.07) is 12.6. The second kappa shape index (κ2) is 9.94. The Morgan fingerprint density at radius 1 is 1.13 bits per heavy atom. The van der Waals surface area contributed by atoms with Gasteiger partial charge in [-0.15, -0.1) is 0 Å². The molecule has 0 saturated carbocycles. The minimum atomic E-state index is -0.352. The Hall–Kier alpha value is -2.89. The Morgan fingerprint density at radius 3 is 2.45 bits per heavy atom. The molecular formula is C25H32N2O4. The number of unbranched alkanes of at least 4 members (excludes halogenated alkanes) is 3. The van der Waals surface area contributed by atoms with Crippen LogP contribution in [0.2, 0.25) is 0 Å². The molecule has 0 spiro atoms. The second-order valence-corrected chi connectivity index (χ2v) is 8.81. The van der Waals surface area contributed by atoms with Crippen molar-refractivity contribution in [3.8, 4) is 16.9 Å². The number of nitro groups is 1. The molecule has 2 aromatic rings. The molecule has 2 aromatic carbocycles. The molecule has 31 heavy (non-hydrogen) atoms. The highest BCUT2D eigenvalue weighted by Gasteiger charge is 2.27. The minimum Gasteiger partial charge on any atom is -0.490 e. The molecular weight excluding hydrogens is 392 g/mol. The first kappa shape index (κ1) is 22.8. The number of hydrogen-bond donors (Lipinski definition) is 0. The van der Waals surface area contributed by atoms with Gasteiger partial charge in [0.25, 0.3) is 5.69 Å². The molecule has 1 heterocycles. The van der Waals surface area contributed by atoms with Gasteiger partial charge >= 0.3 is 0 Å². The van der Waals surface area contributed by atoms with Gasteiger partial charge < -0.3 is 9.47 Å². The van der Waals surface area contributed by atoms with Crippen molar-refractivity contribution in [2.45, 2.75) is 71.4 Å². The highest BCUT2D eigenvalue weighted by atomic mass is 16.6. The zero-order chi connectivity index (χ0) is 22.4. The molecule has 6 nitrogen and oxygen atoms in total. The third-order valence-corrected chi connectivity index (χ3v) is 5.38. The van der Waals surface area contributed by atoms with Gasteiger partial charge in [0.2, 0.25) is 5.90 Å². The summed E-state index contributed by atoms with van der Waals surface area (Å²) < 4.78 is 11.6. The molecule has 0 fully saturated rings. The highest BCUT2D eigenvalue weighted by molar-refractivity contribution is 5.96. The predicted octanol–water partition coefficient (Wildman–Crippen LogP) is 6.55. The van der Waals surface area contributed by atoms with E-state index in [1.807, 2.05) is 51.1 Å². The topological polar surface area (TPSA) is 74.0 Å². The number of nitro benzene ring substituents is 1. The maximum Gasteiger partial charge on any atom is 0.280 e. The summed E-state index contributed by atoms with van der Waals surface area (Å²) in [5, 5.41) is 11.7. The van der Waals surface area contributed by atoms with E-state index in [0.29, 0.717) is 23.8 Å². The quantitative estimate of drug-likeness (QED) is 0.246.